The Morgan fingerprint density at radius 2 is 1.84 bits per heavy atom. The first-order valence-corrected chi connectivity index (χ1v) is 7.41. The van der Waals surface area contributed by atoms with Gasteiger partial charge in [0, 0.05) is 16.5 Å². The molecule has 0 atom stereocenters. The molecular formula is C14H13BrClFN2. The van der Waals surface area contributed by atoms with E-state index in [4.69, 9.17) is 11.6 Å². The molecule has 1 aromatic carbocycles. The molecule has 1 heterocycles. The standard InChI is InChI=1S/C14H13BrClFN2/c1-8(2)12-11(7-15)13(19-14(16)18-12)9-3-5-10(17)6-4-9/h3-6,8H,7H2,1-2H3. The van der Waals surface area contributed by atoms with Gasteiger partial charge in [-0.05, 0) is 41.8 Å². The number of hydrogen-bond acceptors (Lipinski definition) is 2. The minimum absolute atomic E-state index is 0.215. The molecule has 0 aliphatic heterocycles. The molecule has 0 N–H and O–H groups in total. The van der Waals surface area contributed by atoms with Gasteiger partial charge in [-0.15, -0.1) is 0 Å². The van der Waals surface area contributed by atoms with Gasteiger partial charge >= 0.3 is 0 Å². The first-order chi connectivity index (χ1) is 9.02. The lowest BCUT2D eigenvalue weighted by molar-refractivity contribution is 0.628. The van der Waals surface area contributed by atoms with Crippen molar-refractivity contribution in [2.45, 2.75) is 25.1 Å². The minimum atomic E-state index is -0.270. The summed E-state index contributed by atoms with van der Waals surface area (Å²) in [5.41, 5.74) is 3.49. The van der Waals surface area contributed by atoms with Crippen LogP contribution in [-0.4, -0.2) is 9.97 Å². The van der Waals surface area contributed by atoms with Crippen LogP contribution in [0, 0.1) is 5.82 Å². The topological polar surface area (TPSA) is 25.8 Å². The van der Waals surface area contributed by atoms with Gasteiger partial charge in [-0.2, -0.15) is 0 Å². The minimum Gasteiger partial charge on any atom is -0.222 e. The number of aromatic nitrogens is 2. The molecule has 0 saturated carbocycles. The van der Waals surface area contributed by atoms with Gasteiger partial charge < -0.3 is 0 Å². The van der Waals surface area contributed by atoms with Crippen LogP contribution in [0.1, 0.15) is 31.0 Å². The molecule has 0 aliphatic carbocycles. The fourth-order valence-electron chi connectivity index (χ4n) is 1.93. The molecule has 0 bridgehead atoms. The summed E-state index contributed by atoms with van der Waals surface area (Å²) in [5.74, 6) is -0.0272. The fourth-order valence-corrected chi connectivity index (χ4v) is 2.66. The smallest absolute Gasteiger partial charge is 0.222 e. The van der Waals surface area contributed by atoms with Crippen LogP contribution in [0.2, 0.25) is 5.28 Å². The average Bonchev–Trinajstić information content (AvgIpc) is 2.38. The second kappa shape index (κ2) is 5.97. The van der Waals surface area contributed by atoms with Crippen molar-refractivity contribution in [2.24, 2.45) is 0 Å². The number of halogens is 3. The van der Waals surface area contributed by atoms with Crippen molar-refractivity contribution < 1.29 is 4.39 Å². The lowest BCUT2D eigenvalue weighted by atomic mass is 10.00. The van der Waals surface area contributed by atoms with Gasteiger partial charge in [0.05, 0.1) is 11.4 Å². The van der Waals surface area contributed by atoms with Crippen LogP contribution in [0.5, 0.6) is 0 Å². The summed E-state index contributed by atoms with van der Waals surface area (Å²) in [6.07, 6.45) is 0. The third-order valence-corrected chi connectivity index (χ3v) is 3.54. The number of nitrogens with zero attached hydrogens (tertiary/aromatic N) is 2. The summed E-state index contributed by atoms with van der Waals surface area (Å²) >= 11 is 9.46. The van der Waals surface area contributed by atoms with E-state index in [0.29, 0.717) is 5.33 Å². The predicted molar refractivity (Wildman–Crippen MR) is 79.2 cm³/mol. The van der Waals surface area contributed by atoms with E-state index in [1.165, 1.54) is 12.1 Å². The molecule has 0 unspecified atom stereocenters. The van der Waals surface area contributed by atoms with Gasteiger partial charge in [0.2, 0.25) is 5.28 Å². The van der Waals surface area contributed by atoms with Crippen LogP contribution in [0.3, 0.4) is 0 Å². The zero-order valence-electron chi connectivity index (χ0n) is 10.6. The molecule has 0 amide bonds. The quantitative estimate of drug-likeness (QED) is 0.582. The van der Waals surface area contributed by atoms with Crippen molar-refractivity contribution in [3.63, 3.8) is 0 Å². The van der Waals surface area contributed by atoms with Gasteiger partial charge in [0.15, 0.2) is 0 Å². The number of alkyl halides is 1. The highest BCUT2D eigenvalue weighted by Crippen LogP contribution is 2.30. The van der Waals surface area contributed by atoms with Crippen LogP contribution in [0.15, 0.2) is 24.3 Å². The van der Waals surface area contributed by atoms with Crippen LogP contribution in [-0.2, 0) is 5.33 Å². The van der Waals surface area contributed by atoms with Gasteiger partial charge in [-0.1, -0.05) is 29.8 Å². The molecule has 0 fully saturated rings. The molecule has 2 aromatic rings. The van der Waals surface area contributed by atoms with E-state index in [1.54, 1.807) is 12.1 Å². The molecule has 1 aromatic heterocycles. The van der Waals surface area contributed by atoms with Crippen molar-refractivity contribution in [1.29, 1.82) is 0 Å². The molecule has 19 heavy (non-hydrogen) atoms. The Morgan fingerprint density at radius 1 is 1.21 bits per heavy atom. The zero-order chi connectivity index (χ0) is 14.0. The van der Waals surface area contributed by atoms with E-state index in [2.05, 4.69) is 39.7 Å². The molecule has 0 aliphatic rings. The summed E-state index contributed by atoms with van der Waals surface area (Å²) in [6.45, 7) is 4.11. The largest absolute Gasteiger partial charge is 0.223 e. The summed E-state index contributed by atoms with van der Waals surface area (Å²) in [5, 5.41) is 0.845. The Kier molecular flexibility index (Phi) is 4.53. The fraction of sp³-hybridized carbons (Fsp3) is 0.286. The molecule has 100 valence electrons. The highest BCUT2D eigenvalue weighted by Gasteiger charge is 2.16. The highest BCUT2D eigenvalue weighted by atomic mass is 79.9. The Hall–Kier alpha value is -1.00. The Balaban J connectivity index is 2.64. The van der Waals surface area contributed by atoms with Crippen LogP contribution >= 0.6 is 27.5 Å². The first-order valence-electron chi connectivity index (χ1n) is 5.91. The van der Waals surface area contributed by atoms with Crippen LogP contribution in [0.25, 0.3) is 11.3 Å². The predicted octanol–water partition coefficient (Wildman–Crippen LogP) is 4.95. The van der Waals surface area contributed by atoms with E-state index in [9.17, 15) is 4.39 Å². The van der Waals surface area contributed by atoms with E-state index >= 15 is 0 Å². The van der Waals surface area contributed by atoms with E-state index in [-0.39, 0.29) is 17.0 Å². The molecule has 0 spiro atoms. The zero-order valence-corrected chi connectivity index (χ0v) is 13.0. The lowest BCUT2D eigenvalue weighted by Gasteiger charge is -2.14. The summed E-state index contributed by atoms with van der Waals surface area (Å²) in [7, 11) is 0. The van der Waals surface area contributed by atoms with Gasteiger partial charge in [0.25, 0.3) is 0 Å². The first kappa shape index (κ1) is 14.4. The Bertz CT molecular complexity index is 585. The molecular weight excluding hydrogens is 331 g/mol. The third-order valence-electron chi connectivity index (χ3n) is 2.81. The average molecular weight is 344 g/mol. The summed E-state index contributed by atoms with van der Waals surface area (Å²) in [6, 6.07) is 6.23. The Morgan fingerprint density at radius 3 is 2.37 bits per heavy atom. The molecule has 0 saturated heterocycles. The SMILES string of the molecule is CC(C)c1nc(Cl)nc(-c2ccc(F)cc2)c1CBr. The van der Waals surface area contributed by atoms with Crippen LogP contribution < -0.4 is 0 Å². The molecule has 5 heteroatoms. The van der Waals surface area contributed by atoms with Crippen molar-refractivity contribution >= 4 is 27.5 Å². The monoisotopic (exact) mass is 342 g/mol. The second-order valence-corrected chi connectivity index (χ2v) is 5.40. The molecule has 2 nitrogen and oxygen atoms in total. The van der Waals surface area contributed by atoms with E-state index in [1.807, 2.05) is 0 Å². The summed E-state index contributed by atoms with van der Waals surface area (Å²) < 4.78 is 13.0. The number of hydrogen-bond donors (Lipinski definition) is 0. The lowest BCUT2D eigenvalue weighted by Crippen LogP contribution is -2.04. The number of benzene rings is 1. The maximum Gasteiger partial charge on any atom is 0.223 e. The van der Waals surface area contributed by atoms with E-state index < -0.39 is 0 Å². The van der Waals surface area contributed by atoms with E-state index in [0.717, 1.165) is 22.5 Å². The third kappa shape index (κ3) is 3.12. The van der Waals surface area contributed by atoms with Crippen molar-refractivity contribution in [3.05, 3.63) is 46.6 Å². The maximum absolute atomic E-state index is 13.0. The van der Waals surface area contributed by atoms with Crippen molar-refractivity contribution in [2.75, 3.05) is 0 Å². The molecule has 0 radical (unpaired) electrons. The number of rotatable bonds is 3. The van der Waals surface area contributed by atoms with Gasteiger partial charge in [0.1, 0.15) is 5.82 Å². The normalized spacial score (nSPS) is 11.1. The highest BCUT2D eigenvalue weighted by molar-refractivity contribution is 9.08. The van der Waals surface area contributed by atoms with Crippen LogP contribution in [0.4, 0.5) is 4.39 Å². The molecule has 2 rings (SSSR count). The van der Waals surface area contributed by atoms with Crippen molar-refractivity contribution in [3.8, 4) is 11.3 Å². The maximum atomic E-state index is 13.0. The summed E-state index contributed by atoms with van der Waals surface area (Å²) in [4.78, 5) is 8.59. The second-order valence-electron chi connectivity index (χ2n) is 4.50. The van der Waals surface area contributed by atoms with Crippen molar-refractivity contribution in [1.82, 2.24) is 9.97 Å². The Labute approximate surface area is 125 Å². The van der Waals surface area contributed by atoms with Gasteiger partial charge in [-0.3, -0.25) is 0 Å². The van der Waals surface area contributed by atoms with Gasteiger partial charge in [-0.25, -0.2) is 14.4 Å².